The van der Waals surface area contributed by atoms with E-state index in [0.717, 1.165) is 37.9 Å². The van der Waals surface area contributed by atoms with Gasteiger partial charge in [0.05, 0.1) is 2.88 Å². The van der Waals surface area contributed by atoms with Crippen molar-refractivity contribution < 1.29 is 0 Å². The van der Waals surface area contributed by atoms with Crippen LogP contribution in [0.1, 0.15) is 24.6 Å². The van der Waals surface area contributed by atoms with Crippen LogP contribution in [0.3, 0.4) is 0 Å². The van der Waals surface area contributed by atoms with E-state index < -0.39 is 0 Å². The fraction of sp³-hybridized carbons (Fsp3) is 0.615. The highest BCUT2D eigenvalue weighted by Gasteiger charge is 2.16. The number of nitrogens with two attached hydrogens (primary N) is 1. The second-order valence-corrected chi connectivity index (χ2v) is 7.93. The summed E-state index contributed by atoms with van der Waals surface area (Å²) < 4.78 is 1.34. The number of piperidine rings is 1. The lowest BCUT2D eigenvalue weighted by Gasteiger charge is -2.31. The Morgan fingerprint density at radius 3 is 2.83 bits per heavy atom. The summed E-state index contributed by atoms with van der Waals surface area (Å²) in [5, 5.41) is 0. The number of aliphatic imine (C=N–C) groups is 1. The highest BCUT2D eigenvalue weighted by Crippen LogP contribution is 2.19. The number of guanidine groups is 1. The van der Waals surface area contributed by atoms with E-state index >= 15 is 0 Å². The lowest BCUT2D eigenvalue weighted by atomic mass is 10.00. The van der Waals surface area contributed by atoms with Crippen LogP contribution in [0.2, 0.25) is 0 Å². The van der Waals surface area contributed by atoms with Crippen molar-refractivity contribution in [2.24, 2.45) is 16.6 Å². The van der Waals surface area contributed by atoms with Crippen LogP contribution in [-0.2, 0) is 6.42 Å². The van der Waals surface area contributed by atoms with Crippen LogP contribution in [0.15, 0.2) is 17.1 Å². The van der Waals surface area contributed by atoms with Crippen molar-refractivity contribution in [1.29, 1.82) is 0 Å². The van der Waals surface area contributed by atoms with Crippen LogP contribution in [0.5, 0.6) is 0 Å². The summed E-state index contributed by atoms with van der Waals surface area (Å²) in [4.78, 5) is 8.11. The molecule has 3 nitrogen and oxygen atoms in total. The van der Waals surface area contributed by atoms with E-state index in [-0.39, 0.29) is 0 Å². The molecule has 1 aromatic heterocycles. The van der Waals surface area contributed by atoms with E-state index in [2.05, 4.69) is 51.5 Å². The fourth-order valence-corrected chi connectivity index (χ4v) is 3.85. The highest BCUT2D eigenvalue weighted by molar-refractivity contribution is 14.1. The second kappa shape index (κ2) is 6.75. The van der Waals surface area contributed by atoms with E-state index in [4.69, 9.17) is 5.73 Å². The number of hydrogen-bond acceptors (Lipinski definition) is 2. The first-order chi connectivity index (χ1) is 8.65. The lowest BCUT2D eigenvalue weighted by Crippen LogP contribution is -2.42. The average Bonchev–Trinajstić information content (AvgIpc) is 2.76. The van der Waals surface area contributed by atoms with Crippen LogP contribution >= 0.6 is 33.9 Å². The Bertz CT molecular complexity index is 408. The zero-order valence-corrected chi connectivity index (χ0v) is 13.7. The minimum absolute atomic E-state index is 0.730. The molecule has 1 fully saturated rings. The Hall–Kier alpha value is -0.300. The normalized spacial score (nSPS) is 18.3. The number of rotatable bonds is 3. The van der Waals surface area contributed by atoms with Gasteiger partial charge in [-0.2, -0.15) is 0 Å². The van der Waals surface area contributed by atoms with E-state index in [9.17, 15) is 0 Å². The molecule has 0 aromatic carbocycles. The molecule has 0 aliphatic carbocycles. The third-order valence-corrected chi connectivity index (χ3v) is 5.32. The molecule has 18 heavy (non-hydrogen) atoms. The minimum atomic E-state index is 0.730. The number of likely N-dealkylation sites (tertiary alicyclic amines) is 1. The molecule has 0 saturated carbocycles. The van der Waals surface area contributed by atoms with Crippen molar-refractivity contribution in [2.75, 3.05) is 19.6 Å². The summed E-state index contributed by atoms with van der Waals surface area (Å²) in [7, 11) is 0. The van der Waals surface area contributed by atoms with Crippen molar-refractivity contribution >= 4 is 39.9 Å². The van der Waals surface area contributed by atoms with Crippen molar-refractivity contribution in [3.05, 3.63) is 19.9 Å². The molecule has 1 aliphatic rings. The van der Waals surface area contributed by atoms with Gasteiger partial charge in [0.1, 0.15) is 0 Å². The van der Waals surface area contributed by atoms with E-state index in [0.29, 0.717) is 0 Å². The molecule has 0 amide bonds. The quantitative estimate of drug-likeness (QED) is 0.500. The Balaban J connectivity index is 1.78. The first kappa shape index (κ1) is 14.1. The first-order valence-electron chi connectivity index (χ1n) is 6.44. The standard InChI is InChI=1S/C13H20IN3S/c1-10-5-8-17(9-6-10)13(15)16-7-4-11-2-3-12(14)18-11/h2-3,10H,4-9H2,1H3,(H2,15,16). The van der Waals surface area contributed by atoms with Gasteiger partial charge >= 0.3 is 0 Å². The van der Waals surface area contributed by atoms with Crippen molar-refractivity contribution in [3.63, 3.8) is 0 Å². The third-order valence-electron chi connectivity index (χ3n) is 3.37. The lowest BCUT2D eigenvalue weighted by molar-refractivity contribution is 0.277. The maximum atomic E-state index is 6.04. The number of thiophene rings is 1. The summed E-state index contributed by atoms with van der Waals surface area (Å²) in [6.07, 6.45) is 3.47. The van der Waals surface area contributed by atoms with Gasteiger partial charge < -0.3 is 10.6 Å². The highest BCUT2D eigenvalue weighted by atomic mass is 127. The van der Waals surface area contributed by atoms with Gasteiger partial charge in [-0.1, -0.05) is 6.92 Å². The van der Waals surface area contributed by atoms with Gasteiger partial charge in [-0.05, 0) is 53.5 Å². The van der Waals surface area contributed by atoms with Crippen LogP contribution in [-0.4, -0.2) is 30.5 Å². The first-order valence-corrected chi connectivity index (χ1v) is 8.34. The molecular weight excluding hydrogens is 357 g/mol. The minimum Gasteiger partial charge on any atom is -0.370 e. The second-order valence-electron chi connectivity index (χ2n) is 4.87. The van der Waals surface area contributed by atoms with E-state index in [1.54, 1.807) is 0 Å². The molecule has 2 N–H and O–H groups in total. The molecule has 1 aromatic rings. The Morgan fingerprint density at radius 2 is 2.22 bits per heavy atom. The Morgan fingerprint density at radius 1 is 1.50 bits per heavy atom. The van der Waals surface area contributed by atoms with Gasteiger partial charge in [0.2, 0.25) is 0 Å². The molecule has 100 valence electrons. The van der Waals surface area contributed by atoms with E-state index in [1.165, 1.54) is 20.6 Å². The number of halogens is 1. The molecule has 0 radical (unpaired) electrons. The largest absolute Gasteiger partial charge is 0.370 e. The van der Waals surface area contributed by atoms with Crippen molar-refractivity contribution in [1.82, 2.24) is 4.90 Å². The van der Waals surface area contributed by atoms with Gasteiger partial charge in [0.15, 0.2) is 5.96 Å². The zero-order chi connectivity index (χ0) is 13.0. The topological polar surface area (TPSA) is 41.6 Å². The van der Waals surface area contributed by atoms with Gasteiger partial charge in [0, 0.05) is 30.9 Å². The molecule has 2 heterocycles. The molecule has 0 spiro atoms. The predicted octanol–water partition coefficient (Wildman–Crippen LogP) is 2.94. The maximum absolute atomic E-state index is 6.04. The molecule has 1 aliphatic heterocycles. The van der Waals surface area contributed by atoms with Crippen LogP contribution in [0.25, 0.3) is 0 Å². The van der Waals surface area contributed by atoms with Crippen LogP contribution < -0.4 is 5.73 Å². The number of hydrogen-bond donors (Lipinski definition) is 1. The molecule has 0 atom stereocenters. The molecule has 0 bridgehead atoms. The number of nitrogens with zero attached hydrogens (tertiary/aromatic N) is 2. The summed E-state index contributed by atoms with van der Waals surface area (Å²) in [6, 6.07) is 4.33. The maximum Gasteiger partial charge on any atom is 0.191 e. The summed E-state index contributed by atoms with van der Waals surface area (Å²) >= 11 is 4.19. The van der Waals surface area contributed by atoms with Gasteiger partial charge in [-0.15, -0.1) is 11.3 Å². The van der Waals surface area contributed by atoms with Crippen LogP contribution in [0.4, 0.5) is 0 Å². The van der Waals surface area contributed by atoms with Gasteiger partial charge in [0.25, 0.3) is 0 Å². The molecule has 0 unspecified atom stereocenters. The summed E-state index contributed by atoms with van der Waals surface area (Å²) in [5.41, 5.74) is 6.04. The SMILES string of the molecule is CC1CCN(C(N)=NCCc2ccc(I)s2)CC1. The molecular formula is C13H20IN3S. The van der Waals surface area contributed by atoms with Gasteiger partial charge in [-0.3, -0.25) is 4.99 Å². The third kappa shape index (κ3) is 4.12. The Kier molecular flexibility index (Phi) is 5.29. The van der Waals surface area contributed by atoms with Gasteiger partial charge in [-0.25, -0.2) is 0 Å². The zero-order valence-electron chi connectivity index (χ0n) is 10.7. The average molecular weight is 377 g/mol. The molecule has 1 saturated heterocycles. The van der Waals surface area contributed by atoms with E-state index in [1.807, 2.05) is 11.3 Å². The smallest absolute Gasteiger partial charge is 0.191 e. The monoisotopic (exact) mass is 377 g/mol. The molecule has 2 rings (SSSR count). The Labute approximate surface area is 127 Å². The molecule has 5 heteroatoms. The van der Waals surface area contributed by atoms with Crippen molar-refractivity contribution in [3.8, 4) is 0 Å². The summed E-state index contributed by atoms with van der Waals surface area (Å²) in [6.45, 7) is 5.23. The summed E-state index contributed by atoms with van der Waals surface area (Å²) in [5.74, 6) is 1.57. The fourth-order valence-electron chi connectivity index (χ4n) is 2.10. The van der Waals surface area contributed by atoms with Crippen LogP contribution in [0, 0.1) is 8.80 Å². The predicted molar refractivity (Wildman–Crippen MR) is 87.2 cm³/mol. The van der Waals surface area contributed by atoms with Crippen molar-refractivity contribution in [2.45, 2.75) is 26.2 Å².